The number of ether oxygens (including phenoxy) is 1. The maximum Gasteiger partial charge on any atom is 0.229 e. The number of nitrogens with zero attached hydrogens (tertiary/aromatic N) is 4. The SMILES string of the molecule is CS(=O)(=O)Nc1cc(-c2ccc(F)cc2F)cc(-c2cnn3cc(N4CCOCC4)cnc23)c1. The van der Waals surface area contributed by atoms with Gasteiger partial charge >= 0.3 is 0 Å². The van der Waals surface area contributed by atoms with E-state index in [-0.39, 0.29) is 11.3 Å². The molecular weight excluding hydrogens is 464 g/mol. The molecule has 5 rings (SSSR count). The summed E-state index contributed by atoms with van der Waals surface area (Å²) in [5.41, 5.74) is 3.43. The second-order valence-electron chi connectivity index (χ2n) is 8.04. The lowest BCUT2D eigenvalue weighted by molar-refractivity contribution is 0.122. The zero-order valence-electron chi connectivity index (χ0n) is 18.2. The van der Waals surface area contributed by atoms with Gasteiger partial charge in [-0.3, -0.25) is 4.72 Å². The second kappa shape index (κ2) is 8.65. The van der Waals surface area contributed by atoms with Gasteiger partial charge in [0.25, 0.3) is 0 Å². The highest BCUT2D eigenvalue weighted by Crippen LogP contribution is 2.34. The Hall–Kier alpha value is -3.57. The molecule has 8 nitrogen and oxygen atoms in total. The number of anilines is 2. The maximum absolute atomic E-state index is 14.5. The number of aromatic nitrogens is 3. The number of rotatable bonds is 5. The molecule has 0 spiro atoms. The summed E-state index contributed by atoms with van der Waals surface area (Å²) in [6, 6.07) is 8.07. The molecule has 4 aromatic rings. The van der Waals surface area contributed by atoms with Gasteiger partial charge in [-0.2, -0.15) is 5.10 Å². The lowest BCUT2D eigenvalue weighted by Gasteiger charge is -2.28. The van der Waals surface area contributed by atoms with Gasteiger partial charge in [0.05, 0.1) is 43.7 Å². The number of nitrogens with one attached hydrogen (secondary N) is 1. The van der Waals surface area contributed by atoms with E-state index in [0.717, 1.165) is 37.2 Å². The molecule has 11 heteroatoms. The van der Waals surface area contributed by atoms with Crippen LogP contribution in [0.15, 0.2) is 55.0 Å². The third-order valence-electron chi connectivity index (χ3n) is 5.51. The van der Waals surface area contributed by atoms with Gasteiger partial charge in [-0.15, -0.1) is 0 Å². The third-order valence-corrected chi connectivity index (χ3v) is 6.11. The quantitative estimate of drug-likeness (QED) is 0.465. The molecule has 0 amide bonds. The topological polar surface area (TPSA) is 88.8 Å². The van der Waals surface area contributed by atoms with Gasteiger partial charge in [-0.25, -0.2) is 26.7 Å². The summed E-state index contributed by atoms with van der Waals surface area (Å²) in [5, 5.41) is 4.42. The fraction of sp³-hybridized carbons (Fsp3) is 0.217. The lowest BCUT2D eigenvalue weighted by Crippen LogP contribution is -2.36. The van der Waals surface area contributed by atoms with Crippen LogP contribution in [0.5, 0.6) is 0 Å². The molecule has 34 heavy (non-hydrogen) atoms. The smallest absolute Gasteiger partial charge is 0.229 e. The van der Waals surface area contributed by atoms with E-state index < -0.39 is 21.7 Å². The van der Waals surface area contributed by atoms with Gasteiger partial charge in [0.1, 0.15) is 11.6 Å². The number of halogens is 2. The minimum atomic E-state index is -3.60. The van der Waals surface area contributed by atoms with Crippen molar-refractivity contribution in [3.8, 4) is 22.3 Å². The van der Waals surface area contributed by atoms with Gasteiger partial charge in [0, 0.05) is 36.0 Å². The first kappa shape index (κ1) is 22.2. The highest BCUT2D eigenvalue weighted by molar-refractivity contribution is 7.92. The fourth-order valence-electron chi connectivity index (χ4n) is 3.99. The molecule has 1 saturated heterocycles. The van der Waals surface area contributed by atoms with Crippen molar-refractivity contribution >= 4 is 27.0 Å². The molecule has 176 valence electrons. The predicted molar refractivity (Wildman–Crippen MR) is 125 cm³/mol. The third kappa shape index (κ3) is 4.57. The predicted octanol–water partition coefficient (Wildman–Crippen LogP) is 3.55. The van der Waals surface area contributed by atoms with Crippen molar-refractivity contribution in [2.24, 2.45) is 0 Å². The van der Waals surface area contributed by atoms with Crippen LogP contribution in [0.2, 0.25) is 0 Å². The average Bonchev–Trinajstić information content (AvgIpc) is 3.21. The van der Waals surface area contributed by atoms with Gasteiger partial charge in [-0.05, 0) is 41.5 Å². The van der Waals surface area contributed by atoms with Crippen LogP contribution < -0.4 is 9.62 Å². The van der Waals surface area contributed by atoms with E-state index in [0.29, 0.717) is 35.6 Å². The van der Waals surface area contributed by atoms with Crippen LogP contribution in [0, 0.1) is 11.6 Å². The summed E-state index contributed by atoms with van der Waals surface area (Å²) in [5.74, 6) is -1.45. The molecule has 1 N–H and O–H groups in total. The Morgan fingerprint density at radius 2 is 1.74 bits per heavy atom. The molecule has 1 aliphatic heterocycles. The van der Waals surface area contributed by atoms with Crippen LogP contribution in [-0.2, 0) is 14.8 Å². The van der Waals surface area contributed by atoms with E-state index in [1.54, 1.807) is 29.0 Å². The Morgan fingerprint density at radius 3 is 2.44 bits per heavy atom. The van der Waals surface area contributed by atoms with Crippen LogP contribution in [-0.4, -0.2) is 55.6 Å². The molecule has 0 atom stereocenters. The standard InChI is InChI=1S/C23H21F2N5O3S/c1-34(31,32)28-18-9-15(20-3-2-17(24)11-22(20)25)8-16(10-18)21-13-27-30-14-19(12-26-23(21)30)29-4-6-33-7-5-29/h2-3,8-14,28H,4-7H2,1H3. The molecular formula is C23H21F2N5O3S. The average molecular weight is 486 g/mol. The minimum absolute atomic E-state index is 0.138. The largest absolute Gasteiger partial charge is 0.378 e. The molecule has 1 fully saturated rings. The zero-order valence-corrected chi connectivity index (χ0v) is 19.0. The van der Waals surface area contributed by atoms with E-state index in [1.807, 2.05) is 6.20 Å². The molecule has 0 radical (unpaired) electrons. The van der Waals surface area contributed by atoms with Crippen molar-refractivity contribution in [2.45, 2.75) is 0 Å². The Labute approximate surface area is 194 Å². The molecule has 3 heterocycles. The monoisotopic (exact) mass is 485 g/mol. The van der Waals surface area contributed by atoms with Crippen molar-refractivity contribution in [1.82, 2.24) is 14.6 Å². The zero-order chi connectivity index (χ0) is 23.9. The Bertz CT molecular complexity index is 1480. The minimum Gasteiger partial charge on any atom is -0.378 e. The van der Waals surface area contributed by atoms with Crippen molar-refractivity contribution in [2.75, 3.05) is 42.2 Å². The first-order valence-corrected chi connectivity index (χ1v) is 12.4. The van der Waals surface area contributed by atoms with E-state index >= 15 is 0 Å². The molecule has 0 saturated carbocycles. The summed E-state index contributed by atoms with van der Waals surface area (Å²) >= 11 is 0. The van der Waals surface area contributed by atoms with Crippen molar-refractivity contribution < 1.29 is 21.9 Å². The summed E-state index contributed by atoms with van der Waals surface area (Å²) < 4.78 is 61.2. The summed E-state index contributed by atoms with van der Waals surface area (Å²) in [7, 11) is -3.60. The molecule has 0 unspecified atom stereocenters. The first-order valence-electron chi connectivity index (χ1n) is 10.5. The van der Waals surface area contributed by atoms with Crippen LogP contribution in [0.4, 0.5) is 20.2 Å². The summed E-state index contributed by atoms with van der Waals surface area (Å²) in [6.45, 7) is 2.80. The number of hydrogen-bond donors (Lipinski definition) is 1. The van der Waals surface area contributed by atoms with E-state index in [1.165, 1.54) is 12.1 Å². The van der Waals surface area contributed by atoms with Crippen LogP contribution in [0.1, 0.15) is 0 Å². The van der Waals surface area contributed by atoms with Gasteiger partial charge in [0.2, 0.25) is 10.0 Å². The summed E-state index contributed by atoms with van der Waals surface area (Å²) in [4.78, 5) is 6.74. The lowest BCUT2D eigenvalue weighted by atomic mass is 9.99. The maximum atomic E-state index is 14.5. The van der Waals surface area contributed by atoms with Crippen molar-refractivity contribution in [1.29, 1.82) is 0 Å². The van der Waals surface area contributed by atoms with Crippen LogP contribution >= 0.6 is 0 Å². The van der Waals surface area contributed by atoms with Gasteiger partial charge in [-0.1, -0.05) is 0 Å². The number of benzene rings is 2. The molecule has 2 aromatic carbocycles. The normalized spacial score (nSPS) is 14.5. The van der Waals surface area contributed by atoms with E-state index in [9.17, 15) is 17.2 Å². The van der Waals surface area contributed by atoms with Crippen LogP contribution in [0.25, 0.3) is 27.9 Å². The van der Waals surface area contributed by atoms with Gasteiger partial charge in [0.15, 0.2) is 5.65 Å². The molecule has 0 aliphatic carbocycles. The number of morpholine rings is 1. The summed E-state index contributed by atoms with van der Waals surface area (Å²) in [6.07, 6.45) is 6.28. The number of hydrogen-bond acceptors (Lipinski definition) is 6. The number of fused-ring (bicyclic) bond motifs is 1. The Morgan fingerprint density at radius 1 is 1.00 bits per heavy atom. The molecule has 2 aromatic heterocycles. The van der Waals surface area contributed by atoms with Crippen molar-refractivity contribution in [3.05, 3.63) is 66.6 Å². The van der Waals surface area contributed by atoms with E-state index in [2.05, 4.69) is 19.7 Å². The second-order valence-corrected chi connectivity index (χ2v) is 9.78. The van der Waals surface area contributed by atoms with Gasteiger partial charge < -0.3 is 9.64 Å². The van der Waals surface area contributed by atoms with Crippen molar-refractivity contribution in [3.63, 3.8) is 0 Å². The highest BCUT2D eigenvalue weighted by atomic mass is 32.2. The van der Waals surface area contributed by atoms with Crippen LogP contribution in [0.3, 0.4) is 0 Å². The molecule has 1 aliphatic rings. The number of sulfonamides is 1. The highest BCUT2D eigenvalue weighted by Gasteiger charge is 2.17. The fourth-order valence-corrected chi connectivity index (χ4v) is 4.53. The molecule has 0 bridgehead atoms. The Balaban J connectivity index is 1.61. The first-order chi connectivity index (χ1) is 16.3. The Kier molecular flexibility index (Phi) is 5.66. The van der Waals surface area contributed by atoms with E-state index in [4.69, 9.17) is 4.74 Å².